The Morgan fingerprint density at radius 2 is 1.85 bits per heavy atom. The molecule has 0 radical (unpaired) electrons. The molecule has 0 saturated carbocycles. The molecule has 0 spiro atoms. The summed E-state index contributed by atoms with van der Waals surface area (Å²) in [6, 6.07) is 9.19. The van der Waals surface area contributed by atoms with E-state index in [4.69, 9.17) is 9.26 Å². The van der Waals surface area contributed by atoms with Gasteiger partial charge >= 0.3 is 12.1 Å². The Bertz CT molecular complexity index is 920. The van der Waals surface area contributed by atoms with Gasteiger partial charge in [-0.2, -0.15) is 18.2 Å². The first-order valence-electron chi connectivity index (χ1n) is 7.26. The molecule has 0 amide bonds. The Balaban J connectivity index is 1.66. The summed E-state index contributed by atoms with van der Waals surface area (Å²) in [5.74, 6) is -1.27. The molecule has 2 aromatic carbocycles. The molecule has 0 unspecified atom stereocenters. The highest BCUT2D eigenvalue weighted by atomic mass is 19.4. The van der Waals surface area contributed by atoms with Gasteiger partial charge in [0.1, 0.15) is 5.82 Å². The Labute approximate surface area is 144 Å². The van der Waals surface area contributed by atoms with E-state index in [9.17, 15) is 22.4 Å². The highest BCUT2D eigenvalue weighted by molar-refractivity contribution is 5.89. The van der Waals surface area contributed by atoms with E-state index >= 15 is 0 Å². The lowest BCUT2D eigenvalue weighted by atomic mass is 10.1. The van der Waals surface area contributed by atoms with Crippen molar-refractivity contribution in [3.63, 3.8) is 0 Å². The molecule has 3 aromatic rings. The molecule has 0 aliphatic heterocycles. The SMILES string of the molecule is O=C(OCc1nc(-c2ccc(F)cc2)no1)c1cccc(C(F)(F)F)c1. The molecule has 0 fully saturated rings. The van der Waals surface area contributed by atoms with Crippen LogP contribution in [0.3, 0.4) is 0 Å². The number of rotatable bonds is 4. The Kier molecular flexibility index (Phi) is 4.70. The molecule has 5 nitrogen and oxygen atoms in total. The van der Waals surface area contributed by atoms with Crippen LogP contribution in [-0.2, 0) is 17.5 Å². The van der Waals surface area contributed by atoms with Crippen LogP contribution in [0.1, 0.15) is 21.8 Å². The summed E-state index contributed by atoms with van der Waals surface area (Å²) in [6.45, 7) is -0.413. The first kappa shape index (κ1) is 17.6. The summed E-state index contributed by atoms with van der Waals surface area (Å²) in [6.07, 6.45) is -4.56. The van der Waals surface area contributed by atoms with Crippen molar-refractivity contribution in [2.24, 2.45) is 0 Å². The number of nitrogens with zero attached hydrogens (tertiary/aromatic N) is 2. The molecule has 134 valence electrons. The van der Waals surface area contributed by atoms with Gasteiger partial charge in [0.05, 0.1) is 11.1 Å². The predicted molar refractivity (Wildman–Crippen MR) is 80.3 cm³/mol. The van der Waals surface area contributed by atoms with Crippen LogP contribution in [0.25, 0.3) is 11.4 Å². The fourth-order valence-electron chi connectivity index (χ4n) is 2.06. The van der Waals surface area contributed by atoms with Gasteiger partial charge in [0.15, 0.2) is 6.61 Å². The second kappa shape index (κ2) is 6.95. The maximum atomic E-state index is 12.9. The lowest BCUT2D eigenvalue weighted by Gasteiger charge is -2.08. The van der Waals surface area contributed by atoms with Crippen LogP contribution in [0, 0.1) is 5.82 Å². The van der Waals surface area contributed by atoms with Gasteiger partial charge in [0.25, 0.3) is 5.89 Å². The van der Waals surface area contributed by atoms with Crippen molar-refractivity contribution in [2.75, 3.05) is 0 Å². The van der Waals surface area contributed by atoms with E-state index in [1.807, 2.05) is 0 Å². The van der Waals surface area contributed by atoms with E-state index < -0.39 is 30.1 Å². The fraction of sp³-hybridized carbons (Fsp3) is 0.118. The largest absolute Gasteiger partial charge is 0.452 e. The van der Waals surface area contributed by atoms with Crippen LogP contribution in [0.5, 0.6) is 0 Å². The topological polar surface area (TPSA) is 65.2 Å². The normalized spacial score (nSPS) is 11.4. The second-order valence-corrected chi connectivity index (χ2v) is 5.17. The summed E-state index contributed by atoms with van der Waals surface area (Å²) >= 11 is 0. The Hall–Kier alpha value is -3.23. The van der Waals surface area contributed by atoms with Gasteiger partial charge in [0.2, 0.25) is 5.82 Å². The third-order valence-corrected chi connectivity index (χ3v) is 3.32. The summed E-state index contributed by atoms with van der Waals surface area (Å²) in [5.41, 5.74) is -0.716. The number of esters is 1. The molecule has 3 rings (SSSR count). The van der Waals surface area contributed by atoms with Crippen molar-refractivity contribution in [1.82, 2.24) is 10.1 Å². The molecule has 0 aliphatic rings. The number of hydrogen-bond donors (Lipinski definition) is 0. The van der Waals surface area contributed by atoms with Crippen molar-refractivity contribution in [3.8, 4) is 11.4 Å². The highest BCUT2D eigenvalue weighted by Gasteiger charge is 2.31. The van der Waals surface area contributed by atoms with Crippen molar-refractivity contribution in [1.29, 1.82) is 0 Å². The van der Waals surface area contributed by atoms with Crippen LogP contribution in [0.15, 0.2) is 53.1 Å². The number of halogens is 4. The van der Waals surface area contributed by atoms with Crippen molar-refractivity contribution in [2.45, 2.75) is 12.8 Å². The third kappa shape index (κ3) is 4.05. The molecule has 1 aromatic heterocycles. The number of ether oxygens (including phenoxy) is 1. The average Bonchev–Trinajstić information content (AvgIpc) is 3.08. The quantitative estimate of drug-likeness (QED) is 0.510. The van der Waals surface area contributed by atoms with Gasteiger partial charge in [-0.3, -0.25) is 0 Å². The number of carbonyl (C=O) groups excluding carboxylic acids is 1. The molecule has 0 aliphatic carbocycles. The van der Waals surface area contributed by atoms with E-state index in [1.165, 1.54) is 30.3 Å². The molecule has 0 bridgehead atoms. The van der Waals surface area contributed by atoms with Crippen LogP contribution >= 0.6 is 0 Å². The van der Waals surface area contributed by atoms with Gasteiger partial charge in [0, 0.05) is 5.56 Å². The zero-order valence-electron chi connectivity index (χ0n) is 13.0. The molecular formula is C17H10F4N2O3. The average molecular weight is 366 g/mol. The van der Waals surface area contributed by atoms with Crippen LogP contribution in [0.2, 0.25) is 0 Å². The van der Waals surface area contributed by atoms with E-state index in [2.05, 4.69) is 10.1 Å². The first-order chi connectivity index (χ1) is 12.3. The third-order valence-electron chi connectivity index (χ3n) is 3.32. The molecule has 0 atom stereocenters. The Morgan fingerprint density at radius 3 is 2.54 bits per heavy atom. The lowest BCUT2D eigenvalue weighted by Crippen LogP contribution is -2.09. The zero-order valence-corrected chi connectivity index (χ0v) is 13.0. The van der Waals surface area contributed by atoms with Gasteiger partial charge in [-0.15, -0.1) is 0 Å². The summed E-state index contributed by atoms with van der Waals surface area (Å²) in [7, 11) is 0. The van der Waals surface area contributed by atoms with E-state index in [-0.39, 0.29) is 17.3 Å². The molecule has 9 heteroatoms. The van der Waals surface area contributed by atoms with Gasteiger partial charge in [-0.05, 0) is 42.5 Å². The minimum Gasteiger partial charge on any atom is -0.452 e. The summed E-state index contributed by atoms with van der Waals surface area (Å²) in [4.78, 5) is 15.9. The zero-order chi connectivity index (χ0) is 18.7. The molecule has 0 saturated heterocycles. The van der Waals surface area contributed by atoms with E-state index in [0.29, 0.717) is 11.6 Å². The lowest BCUT2D eigenvalue weighted by molar-refractivity contribution is -0.137. The van der Waals surface area contributed by atoms with E-state index in [1.54, 1.807) is 0 Å². The molecular weight excluding hydrogens is 356 g/mol. The minimum absolute atomic E-state index is 0.0512. The minimum atomic E-state index is -4.56. The van der Waals surface area contributed by atoms with Crippen molar-refractivity contribution in [3.05, 3.63) is 71.4 Å². The van der Waals surface area contributed by atoms with Crippen LogP contribution in [0.4, 0.5) is 17.6 Å². The summed E-state index contributed by atoms with van der Waals surface area (Å²) in [5, 5.41) is 3.66. The molecule has 1 heterocycles. The summed E-state index contributed by atoms with van der Waals surface area (Å²) < 4.78 is 60.7. The van der Waals surface area contributed by atoms with Crippen molar-refractivity contribution >= 4 is 5.97 Å². The fourth-order valence-corrected chi connectivity index (χ4v) is 2.06. The number of carbonyl (C=O) groups is 1. The monoisotopic (exact) mass is 366 g/mol. The highest BCUT2D eigenvalue weighted by Crippen LogP contribution is 2.29. The maximum Gasteiger partial charge on any atom is 0.416 e. The second-order valence-electron chi connectivity index (χ2n) is 5.17. The molecule has 26 heavy (non-hydrogen) atoms. The van der Waals surface area contributed by atoms with Crippen molar-refractivity contribution < 1.29 is 31.6 Å². The number of benzene rings is 2. The predicted octanol–water partition coefficient (Wildman–Crippen LogP) is 4.25. The van der Waals surface area contributed by atoms with Crippen LogP contribution < -0.4 is 0 Å². The smallest absolute Gasteiger partial charge is 0.416 e. The first-order valence-corrected chi connectivity index (χ1v) is 7.26. The maximum absolute atomic E-state index is 12.9. The number of aromatic nitrogens is 2. The standard InChI is InChI=1S/C17H10F4N2O3/c18-13-6-4-10(5-7-13)15-22-14(26-23-15)9-25-16(24)11-2-1-3-12(8-11)17(19,20)21/h1-8H,9H2. The number of alkyl halides is 3. The number of hydrogen-bond acceptors (Lipinski definition) is 5. The van der Waals surface area contributed by atoms with E-state index in [0.717, 1.165) is 12.1 Å². The van der Waals surface area contributed by atoms with Gasteiger partial charge < -0.3 is 9.26 Å². The molecule has 0 N–H and O–H groups in total. The Morgan fingerprint density at radius 1 is 1.12 bits per heavy atom. The van der Waals surface area contributed by atoms with Crippen LogP contribution in [-0.4, -0.2) is 16.1 Å². The van der Waals surface area contributed by atoms with Gasteiger partial charge in [-0.25, -0.2) is 9.18 Å². The van der Waals surface area contributed by atoms with Gasteiger partial charge in [-0.1, -0.05) is 11.2 Å².